The Hall–Kier alpha value is -1.02. The van der Waals surface area contributed by atoms with Crippen LogP contribution < -0.4 is 10.1 Å². The molecule has 0 radical (unpaired) electrons. The molecule has 1 saturated heterocycles. The minimum absolute atomic E-state index is 0. The molecule has 0 atom stereocenters. The second kappa shape index (κ2) is 13.2. The van der Waals surface area contributed by atoms with Crippen LogP contribution in [0, 0.1) is 0 Å². The molecule has 0 bridgehead atoms. The van der Waals surface area contributed by atoms with Crippen molar-refractivity contribution in [3.05, 3.63) is 29.8 Å². The first-order valence-corrected chi connectivity index (χ1v) is 10.5. The van der Waals surface area contributed by atoms with Gasteiger partial charge in [-0.05, 0) is 50.8 Å². The third kappa shape index (κ3) is 7.10. The van der Waals surface area contributed by atoms with E-state index < -0.39 is 0 Å². The Kier molecular flexibility index (Phi) is 11.8. The highest BCUT2D eigenvalue weighted by Crippen LogP contribution is 2.36. The van der Waals surface area contributed by atoms with E-state index in [4.69, 9.17) is 14.5 Å². The minimum atomic E-state index is 0. The molecule has 28 heavy (non-hydrogen) atoms. The Morgan fingerprint density at radius 3 is 2.43 bits per heavy atom. The fourth-order valence-corrected chi connectivity index (χ4v) is 3.57. The van der Waals surface area contributed by atoms with Crippen LogP contribution in [0.4, 0.5) is 0 Å². The van der Waals surface area contributed by atoms with E-state index in [1.807, 2.05) is 6.92 Å². The van der Waals surface area contributed by atoms with Gasteiger partial charge in [-0.15, -0.1) is 24.0 Å². The maximum atomic E-state index is 5.66. The van der Waals surface area contributed by atoms with Gasteiger partial charge in [-0.2, -0.15) is 0 Å². The quantitative estimate of drug-likeness (QED) is 0.307. The number of rotatable bonds is 9. The fraction of sp³-hybridized carbons (Fsp3) is 0.682. The summed E-state index contributed by atoms with van der Waals surface area (Å²) in [5, 5.41) is 3.45. The van der Waals surface area contributed by atoms with E-state index >= 15 is 0 Å². The number of benzene rings is 1. The highest BCUT2D eigenvalue weighted by atomic mass is 127. The second-order valence-electron chi connectivity index (χ2n) is 7.30. The SMILES string of the molecule is CCCCN(C)C(=NCC1(c2ccc(OCC)cc2)CCOCC1)NCC.I. The summed E-state index contributed by atoms with van der Waals surface area (Å²) in [6, 6.07) is 8.58. The zero-order valence-electron chi connectivity index (χ0n) is 18.0. The first kappa shape index (κ1) is 25.0. The number of halogens is 1. The summed E-state index contributed by atoms with van der Waals surface area (Å²) in [4.78, 5) is 7.29. The zero-order valence-corrected chi connectivity index (χ0v) is 20.3. The van der Waals surface area contributed by atoms with Gasteiger partial charge >= 0.3 is 0 Å². The van der Waals surface area contributed by atoms with Crippen molar-refractivity contribution in [2.75, 3.05) is 46.5 Å². The smallest absolute Gasteiger partial charge is 0.193 e. The van der Waals surface area contributed by atoms with E-state index in [0.29, 0.717) is 6.61 Å². The Morgan fingerprint density at radius 2 is 1.86 bits per heavy atom. The summed E-state index contributed by atoms with van der Waals surface area (Å²) < 4.78 is 11.3. The molecule has 2 rings (SSSR count). The van der Waals surface area contributed by atoms with Crippen molar-refractivity contribution in [1.82, 2.24) is 10.2 Å². The molecular formula is C22H38IN3O2. The van der Waals surface area contributed by atoms with Crippen molar-refractivity contribution in [3.8, 4) is 5.75 Å². The van der Waals surface area contributed by atoms with E-state index in [-0.39, 0.29) is 29.4 Å². The van der Waals surface area contributed by atoms with E-state index in [0.717, 1.165) is 57.4 Å². The van der Waals surface area contributed by atoms with E-state index in [1.54, 1.807) is 0 Å². The lowest BCUT2D eigenvalue weighted by Crippen LogP contribution is -2.42. The van der Waals surface area contributed by atoms with Gasteiger partial charge < -0.3 is 19.7 Å². The molecule has 0 amide bonds. The molecule has 6 heteroatoms. The lowest BCUT2D eigenvalue weighted by molar-refractivity contribution is 0.0530. The molecule has 1 aliphatic heterocycles. The van der Waals surface area contributed by atoms with Gasteiger partial charge in [-0.3, -0.25) is 4.99 Å². The molecule has 0 aliphatic carbocycles. The highest BCUT2D eigenvalue weighted by Gasteiger charge is 2.34. The van der Waals surface area contributed by atoms with Crippen LogP contribution in [-0.4, -0.2) is 57.4 Å². The van der Waals surface area contributed by atoms with Crippen LogP contribution in [0.1, 0.15) is 52.0 Å². The first-order valence-electron chi connectivity index (χ1n) is 10.5. The molecule has 1 N–H and O–H groups in total. The topological polar surface area (TPSA) is 46.1 Å². The van der Waals surface area contributed by atoms with Crippen LogP contribution in [0.15, 0.2) is 29.3 Å². The number of unbranched alkanes of at least 4 members (excludes halogenated alkanes) is 1. The van der Waals surface area contributed by atoms with E-state index in [9.17, 15) is 0 Å². The normalized spacial score (nSPS) is 16.2. The van der Waals surface area contributed by atoms with Gasteiger partial charge in [0.25, 0.3) is 0 Å². The zero-order chi connectivity index (χ0) is 19.5. The Labute approximate surface area is 188 Å². The van der Waals surface area contributed by atoms with Gasteiger partial charge in [-0.1, -0.05) is 25.5 Å². The molecule has 1 aromatic rings. The molecule has 0 saturated carbocycles. The highest BCUT2D eigenvalue weighted by molar-refractivity contribution is 14.0. The van der Waals surface area contributed by atoms with Crippen molar-refractivity contribution < 1.29 is 9.47 Å². The molecule has 0 aromatic heterocycles. The van der Waals surface area contributed by atoms with Crippen LogP contribution in [0.5, 0.6) is 5.75 Å². The average molecular weight is 503 g/mol. The van der Waals surface area contributed by atoms with Gasteiger partial charge in [0.2, 0.25) is 0 Å². The summed E-state index contributed by atoms with van der Waals surface area (Å²) in [6.07, 6.45) is 4.38. The summed E-state index contributed by atoms with van der Waals surface area (Å²) in [5.74, 6) is 1.93. The average Bonchev–Trinajstić information content (AvgIpc) is 2.70. The molecule has 0 unspecified atom stereocenters. The molecule has 1 heterocycles. The number of guanidine groups is 1. The van der Waals surface area contributed by atoms with Gasteiger partial charge in [-0.25, -0.2) is 0 Å². The number of aliphatic imine (C=N–C) groups is 1. The van der Waals surface area contributed by atoms with Crippen LogP contribution in [0.2, 0.25) is 0 Å². The van der Waals surface area contributed by atoms with Crippen LogP contribution in [0.3, 0.4) is 0 Å². The van der Waals surface area contributed by atoms with Crippen molar-refractivity contribution in [1.29, 1.82) is 0 Å². The molecule has 1 aliphatic rings. The van der Waals surface area contributed by atoms with Gasteiger partial charge in [0.15, 0.2) is 5.96 Å². The number of hydrogen-bond donors (Lipinski definition) is 1. The van der Waals surface area contributed by atoms with E-state index in [1.165, 1.54) is 18.4 Å². The number of ether oxygens (including phenoxy) is 2. The Bertz CT molecular complexity index is 572. The van der Waals surface area contributed by atoms with Gasteiger partial charge in [0.1, 0.15) is 5.75 Å². The molecule has 1 aromatic carbocycles. The Balaban J connectivity index is 0.00000392. The third-order valence-electron chi connectivity index (χ3n) is 5.30. The van der Waals surface area contributed by atoms with Gasteiger partial charge in [0, 0.05) is 38.8 Å². The monoisotopic (exact) mass is 503 g/mol. The summed E-state index contributed by atoms with van der Waals surface area (Å²) in [5.41, 5.74) is 1.37. The molecule has 5 nitrogen and oxygen atoms in total. The predicted molar refractivity (Wildman–Crippen MR) is 128 cm³/mol. The van der Waals surface area contributed by atoms with Crippen molar-refractivity contribution >= 4 is 29.9 Å². The second-order valence-corrected chi connectivity index (χ2v) is 7.30. The number of hydrogen-bond acceptors (Lipinski definition) is 3. The largest absolute Gasteiger partial charge is 0.494 e. The van der Waals surface area contributed by atoms with Gasteiger partial charge in [0.05, 0.1) is 13.2 Å². The number of nitrogens with one attached hydrogen (secondary N) is 1. The summed E-state index contributed by atoms with van der Waals surface area (Å²) in [6.45, 7) is 11.3. The predicted octanol–water partition coefficient (Wildman–Crippen LogP) is 4.45. The van der Waals surface area contributed by atoms with Crippen molar-refractivity contribution in [2.45, 2.75) is 51.9 Å². The summed E-state index contributed by atoms with van der Waals surface area (Å²) >= 11 is 0. The molecule has 1 fully saturated rings. The standard InChI is InChI=1S/C22H37N3O2.HI/c1-5-8-15-25(4)21(23-6-2)24-18-22(13-16-26-17-14-22)19-9-11-20(12-10-19)27-7-3;/h9-12H,5-8,13-18H2,1-4H3,(H,23,24);1H. The maximum absolute atomic E-state index is 5.66. The van der Waals surface area contributed by atoms with Crippen LogP contribution in [-0.2, 0) is 10.2 Å². The lowest BCUT2D eigenvalue weighted by atomic mass is 9.74. The van der Waals surface area contributed by atoms with Crippen LogP contribution in [0.25, 0.3) is 0 Å². The van der Waals surface area contributed by atoms with Crippen molar-refractivity contribution in [3.63, 3.8) is 0 Å². The van der Waals surface area contributed by atoms with E-state index in [2.05, 4.69) is 55.4 Å². The first-order chi connectivity index (χ1) is 13.1. The molecular weight excluding hydrogens is 465 g/mol. The third-order valence-corrected chi connectivity index (χ3v) is 5.30. The van der Waals surface area contributed by atoms with Crippen LogP contribution >= 0.6 is 24.0 Å². The fourth-order valence-electron chi connectivity index (χ4n) is 3.57. The molecule has 0 spiro atoms. The minimum Gasteiger partial charge on any atom is -0.494 e. The summed E-state index contributed by atoms with van der Waals surface area (Å²) in [7, 11) is 2.13. The maximum Gasteiger partial charge on any atom is 0.193 e. The molecule has 160 valence electrons. The van der Waals surface area contributed by atoms with Crippen molar-refractivity contribution in [2.24, 2.45) is 4.99 Å². The number of nitrogens with zero attached hydrogens (tertiary/aromatic N) is 2. The lowest BCUT2D eigenvalue weighted by Gasteiger charge is -2.37. The Morgan fingerprint density at radius 1 is 1.18 bits per heavy atom.